The standard InChI is InChI=1S/C19H28O4/c1-11(8-17(22)23)15(21)10-19(5)12(2)6-7-18(4)13(3)14(20)9-16(18)19/h12-13,16H,1,6-10H2,2-5H3,(H,22,23). The van der Waals surface area contributed by atoms with Gasteiger partial charge in [0.05, 0.1) is 6.42 Å². The Balaban J connectivity index is 2.27. The first-order chi connectivity index (χ1) is 10.5. The summed E-state index contributed by atoms with van der Waals surface area (Å²) in [6, 6.07) is 0. The zero-order chi connectivity index (χ0) is 17.6. The molecule has 23 heavy (non-hydrogen) atoms. The van der Waals surface area contributed by atoms with E-state index in [2.05, 4.69) is 27.4 Å². The summed E-state index contributed by atoms with van der Waals surface area (Å²) in [6.07, 6.45) is 2.55. The molecule has 0 radical (unpaired) electrons. The van der Waals surface area contributed by atoms with E-state index in [1.54, 1.807) is 0 Å². The topological polar surface area (TPSA) is 71.4 Å². The van der Waals surface area contributed by atoms with Crippen molar-refractivity contribution in [1.82, 2.24) is 0 Å². The number of hydrogen-bond donors (Lipinski definition) is 1. The van der Waals surface area contributed by atoms with Crippen molar-refractivity contribution >= 4 is 17.5 Å². The molecule has 5 unspecified atom stereocenters. The van der Waals surface area contributed by atoms with Crippen molar-refractivity contribution in [3.05, 3.63) is 12.2 Å². The number of hydrogen-bond acceptors (Lipinski definition) is 3. The summed E-state index contributed by atoms with van der Waals surface area (Å²) in [5.41, 5.74) is -0.158. The van der Waals surface area contributed by atoms with E-state index >= 15 is 0 Å². The van der Waals surface area contributed by atoms with Gasteiger partial charge in [0.1, 0.15) is 5.78 Å². The van der Waals surface area contributed by atoms with Crippen LogP contribution in [-0.4, -0.2) is 22.6 Å². The zero-order valence-corrected chi connectivity index (χ0v) is 14.6. The number of carbonyl (C=O) groups is 3. The van der Waals surface area contributed by atoms with Gasteiger partial charge in [0, 0.05) is 18.8 Å². The number of fused-ring (bicyclic) bond motifs is 1. The minimum atomic E-state index is -1.03. The molecule has 0 amide bonds. The van der Waals surface area contributed by atoms with Crippen molar-refractivity contribution in [2.75, 3.05) is 0 Å². The smallest absolute Gasteiger partial charge is 0.307 e. The van der Waals surface area contributed by atoms with Crippen molar-refractivity contribution in [3.63, 3.8) is 0 Å². The summed E-state index contributed by atoms with van der Waals surface area (Å²) in [5, 5.41) is 8.86. The van der Waals surface area contributed by atoms with Crippen molar-refractivity contribution in [2.24, 2.45) is 28.6 Å². The summed E-state index contributed by atoms with van der Waals surface area (Å²) in [4.78, 5) is 35.6. The van der Waals surface area contributed by atoms with Crippen molar-refractivity contribution in [3.8, 4) is 0 Å². The lowest BCUT2D eigenvalue weighted by Crippen LogP contribution is -2.48. The third-order valence-corrected chi connectivity index (χ3v) is 7.01. The average molecular weight is 320 g/mol. The predicted molar refractivity (Wildman–Crippen MR) is 87.9 cm³/mol. The predicted octanol–water partition coefficient (Wildman–Crippen LogP) is 3.64. The maximum absolute atomic E-state index is 12.5. The van der Waals surface area contributed by atoms with Gasteiger partial charge in [0.2, 0.25) is 0 Å². The Labute approximate surface area is 138 Å². The summed E-state index contributed by atoms with van der Waals surface area (Å²) < 4.78 is 0. The van der Waals surface area contributed by atoms with Gasteiger partial charge < -0.3 is 5.11 Å². The Bertz CT molecular complexity index is 564. The van der Waals surface area contributed by atoms with Gasteiger partial charge in [-0.25, -0.2) is 0 Å². The number of ketones is 2. The third-order valence-electron chi connectivity index (χ3n) is 7.01. The molecule has 2 aliphatic rings. The molecule has 1 N–H and O–H groups in total. The highest BCUT2D eigenvalue weighted by Gasteiger charge is 2.60. The van der Waals surface area contributed by atoms with Gasteiger partial charge in [0.25, 0.3) is 0 Å². The second-order valence-electron chi connectivity index (χ2n) is 8.17. The van der Waals surface area contributed by atoms with E-state index in [4.69, 9.17) is 5.11 Å². The quantitative estimate of drug-likeness (QED) is 0.785. The molecular formula is C19H28O4. The van der Waals surface area contributed by atoms with Crippen LogP contribution in [0.5, 0.6) is 0 Å². The largest absolute Gasteiger partial charge is 0.481 e. The van der Waals surface area contributed by atoms with E-state index in [0.717, 1.165) is 12.8 Å². The van der Waals surface area contributed by atoms with Crippen LogP contribution in [0.3, 0.4) is 0 Å². The van der Waals surface area contributed by atoms with Crippen molar-refractivity contribution in [1.29, 1.82) is 0 Å². The molecule has 2 rings (SSSR count). The van der Waals surface area contributed by atoms with Gasteiger partial charge in [-0.05, 0) is 41.1 Å². The van der Waals surface area contributed by atoms with Crippen LogP contribution in [0.15, 0.2) is 12.2 Å². The summed E-state index contributed by atoms with van der Waals surface area (Å²) in [7, 11) is 0. The molecule has 0 aromatic carbocycles. The van der Waals surface area contributed by atoms with Crippen molar-refractivity contribution < 1.29 is 19.5 Å². The molecule has 0 bridgehead atoms. The molecule has 5 atom stereocenters. The molecule has 4 heteroatoms. The fraction of sp³-hybridized carbons (Fsp3) is 0.737. The van der Waals surface area contributed by atoms with Gasteiger partial charge >= 0.3 is 5.97 Å². The first-order valence-electron chi connectivity index (χ1n) is 8.48. The Kier molecular flexibility index (Phi) is 4.57. The fourth-order valence-corrected chi connectivity index (χ4v) is 4.91. The van der Waals surface area contributed by atoms with E-state index in [-0.39, 0.29) is 40.4 Å². The maximum Gasteiger partial charge on any atom is 0.307 e. The van der Waals surface area contributed by atoms with Crippen LogP contribution in [0.2, 0.25) is 0 Å². The first kappa shape index (κ1) is 17.9. The van der Waals surface area contributed by atoms with Crippen LogP contribution in [0.4, 0.5) is 0 Å². The molecular weight excluding hydrogens is 292 g/mol. The zero-order valence-electron chi connectivity index (χ0n) is 14.6. The molecule has 2 fully saturated rings. The monoisotopic (exact) mass is 320 g/mol. The molecule has 0 aromatic rings. The molecule has 0 heterocycles. The second-order valence-corrected chi connectivity index (χ2v) is 8.17. The molecule has 0 aliphatic heterocycles. The van der Waals surface area contributed by atoms with E-state index in [1.165, 1.54) is 0 Å². The van der Waals surface area contributed by atoms with Crippen LogP contribution < -0.4 is 0 Å². The van der Waals surface area contributed by atoms with Crippen LogP contribution in [0.25, 0.3) is 0 Å². The summed E-state index contributed by atoms with van der Waals surface area (Å²) in [6.45, 7) is 12.1. The molecule has 0 aromatic heterocycles. The maximum atomic E-state index is 12.5. The Morgan fingerprint density at radius 2 is 1.91 bits per heavy atom. The van der Waals surface area contributed by atoms with E-state index in [0.29, 0.717) is 24.5 Å². The third kappa shape index (κ3) is 2.88. The van der Waals surface area contributed by atoms with Crippen LogP contribution >= 0.6 is 0 Å². The van der Waals surface area contributed by atoms with E-state index in [1.807, 2.05) is 6.92 Å². The molecule has 2 aliphatic carbocycles. The van der Waals surface area contributed by atoms with Crippen LogP contribution in [0, 0.1) is 28.6 Å². The second kappa shape index (κ2) is 5.88. The summed E-state index contributed by atoms with van der Waals surface area (Å²) >= 11 is 0. The van der Waals surface area contributed by atoms with Gasteiger partial charge in [-0.15, -0.1) is 0 Å². The Hall–Kier alpha value is -1.45. The number of aliphatic carboxylic acids is 1. The number of carboxylic acids is 1. The van der Waals surface area contributed by atoms with Gasteiger partial charge in [-0.3, -0.25) is 14.4 Å². The highest BCUT2D eigenvalue weighted by Crippen LogP contribution is 2.63. The number of carboxylic acid groups (broad SMARTS) is 1. The number of carbonyl (C=O) groups excluding carboxylic acids is 2. The lowest BCUT2D eigenvalue weighted by Gasteiger charge is -2.53. The normalized spacial score (nSPS) is 39.8. The van der Waals surface area contributed by atoms with Gasteiger partial charge in [-0.2, -0.15) is 0 Å². The SMILES string of the molecule is C=C(CC(=O)O)C(=O)CC1(C)C(C)CCC2(C)C(C)C(=O)CC12. The van der Waals surface area contributed by atoms with Gasteiger partial charge in [0.15, 0.2) is 5.78 Å². The Morgan fingerprint density at radius 1 is 1.30 bits per heavy atom. The molecule has 128 valence electrons. The highest BCUT2D eigenvalue weighted by atomic mass is 16.4. The van der Waals surface area contributed by atoms with Gasteiger partial charge in [-0.1, -0.05) is 34.3 Å². The minimum Gasteiger partial charge on any atom is -0.481 e. The number of Topliss-reactive ketones (excluding diaryl/α,β-unsaturated/α-hetero) is 2. The molecule has 2 saturated carbocycles. The molecule has 0 spiro atoms. The minimum absolute atomic E-state index is 0.0386. The first-order valence-corrected chi connectivity index (χ1v) is 8.48. The van der Waals surface area contributed by atoms with E-state index < -0.39 is 5.97 Å². The van der Waals surface area contributed by atoms with Crippen molar-refractivity contribution in [2.45, 2.75) is 59.8 Å². The highest BCUT2D eigenvalue weighted by molar-refractivity contribution is 5.98. The number of rotatable bonds is 5. The fourth-order valence-electron chi connectivity index (χ4n) is 4.91. The van der Waals surface area contributed by atoms with Crippen LogP contribution in [0.1, 0.15) is 59.8 Å². The average Bonchev–Trinajstić information content (AvgIpc) is 2.68. The summed E-state index contributed by atoms with van der Waals surface area (Å²) in [5.74, 6) is -0.341. The van der Waals surface area contributed by atoms with E-state index in [9.17, 15) is 14.4 Å². The van der Waals surface area contributed by atoms with Crippen LogP contribution in [-0.2, 0) is 14.4 Å². The lowest BCUT2D eigenvalue weighted by atomic mass is 9.50. The molecule has 4 nitrogen and oxygen atoms in total. The Morgan fingerprint density at radius 3 is 2.48 bits per heavy atom. The molecule has 0 saturated heterocycles. The lowest BCUT2D eigenvalue weighted by molar-refractivity contribution is -0.137.